The summed E-state index contributed by atoms with van der Waals surface area (Å²) in [6.45, 7) is 5.46. The number of aromatic amines is 1. The number of fused-ring (bicyclic) bond motifs is 3. The quantitative estimate of drug-likeness (QED) is 0.807. The highest BCUT2D eigenvalue weighted by atomic mass is 16.5. The average Bonchev–Trinajstić information content (AvgIpc) is 2.82. The van der Waals surface area contributed by atoms with Crippen LogP contribution in [0.4, 0.5) is 0 Å². The molecule has 0 fully saturated rings. The topological polar surface area (TPSA) is 74.4 Å². The monoisotopic (exact) mass is 288 g/mol. The molecule has 2 heterocycles. The molecule has 3 N–H and O–H groups in total. The van der Waals surface area contributed by atoms with Crippen molar-refractivity contribution in [2.75, 3.05) is 6.61 Å². The van der Waals surface area contributed by atoms with Gasteiger partial charge in [-0.15, -0.1) is 0 Å². The van der Waals surface area contributed by atoms with Crippen LogP contribution in [0.1, 0.15) is 25.1 Å². The fourth-order valence-electron chi connectivity index (χ4n) is 2.70. The number of aliphatic carboxylic acids is 1. The van der Waals surface area contributed by atoms with Gasteiger partial charge in [-0.2, -0.15) is 0 Å². The van der Waals surface area contributed by atoms with E-state index in [4.69, 9.17) is 4.74 Å². The van der Waals surface area contributed by atoms with E-state index in [1.807, 2.05) is 18.2 Å². The molecule has 0 saturated carbocycles. The first-order chi connectivity index (χ1) is 10.0. The number of nitrogens with one attached hydrogen (secondary N) is 2. The van der Waals surface area contributed by atoms with E-state index >= 15 is 0 Å². The molecule has 2 aromatic rings. The first kappa shape index (κ1) is 13.9. The summed E-state index contributed by atoms with van der Waals surface area (Å²) in [7, 11) is 0. The van der Waals surface area contributed by atoms with E-state index in [2.05, 4.69) is 24.1 Å². The molecule has 0 amide bonds. The summed E-state index contributed by atoms with van der Waals surface area (Å²) >= 11 is 0. The lowest BCUT2D eigenvalue weighted by molar-refractivity contribution is -0.139. The van der Waals surface area contributed by atoms with Crippen molar-refractivity contribution in [2.24, 2.45) is 5.92 Å². The summed E-state index contributed by atoms with van der Waals surface area (Å²) in [4.78, 5) is 14.5. The lowest BCUT2D eigenvalue weighted by Crippen LogP contribution is -2.41. The first-order valence-electron chi connectivity index (χ1n) is 7.27. The van der Waals surface area contributed by atoms with Crippen LogP contribution >= 0.6 is 0 Å². The zero-order valence-corrected chi connectivity index (χ0v) is 12.3. The van der Waals surface area contributed by atoms with Crippen LogP contribution in [-0.4, -0.2) is 28.7 Å². The molecule has 5 nitrogen and oxygen atoms in total. The number of hydrogen-bond acceptors (Lipinski definition) is 3. The molecule has 1 atom stereocenters. The third-order valence-corrected chi connectivity index (χ3v) is 3.78. The van der Waals surface area contributed by atoms with Crippen molar-refractivity contribution in [1.82, 2.24) is 10.3 Å². The van der Waals surface area contributed by atoms with Gasteiger partial charge in [0.15, 0.2) is 0 Å². The summed E-state index contributed by atoms with van der Waals surface area (Å²) < 4.78 is 5.76. The summed E-state index contributed by atoms with van der Waals surface area (Å²) in [6, 6.07) is 5.45. The van der Waals surface area contributed by atoms with Gasteiger partial charge in [0.2, 0.25) is 0 Å². The Morgan fingerprint density at radius 1 is 1.48 bits per heavy atom. The van der Waals surface area contributed by atoms with Crippen LogP contribution < -0.4 is 10.1 Å². The van der Waals surface area contributed by atoms with Gasteiger partial charge in [-0.3, -0.25) is 10.1 Å². The van der Waals surface area contributed by atoms with E-state index in [1.54, 1.807) is 0 Å². The van der Waals surface area contributed by atoms with Crippen LogP contribution in [0.25, 0.3) is 10.9 Å². The van der Waals surface area contributed by atoms with Crippen LogP contribution in [0.15, 0.2) is 18.2 Å². The maximum absolute atomic E-state index is 11.2. The molecule has 112 valence electrons. The first-order valence-corrected chi connectivity index (χ1v) is 7.27. The smallest absolute Gasteiger partial charge is 0.321 e. The number of hydrogen-bond donors (Lipinski definition) is 3. The molecular weight excluding hydrogens is 268 g/mol. The third-order valence-electron chi connectivity index (χ3n) is 3.78. The van der Waals surface area contributed by atoms with Crippen LogP contribution in [0, 0.1) is 5.92 Å². The summed E-state index contributed by atoms with van der Waals surface area (Å²) in [5, 5.41) is 13.3. The third kappa shape index (κ3) is 2.74. The minimum atomic E-state index is -0.804. The number of carboxylic acids is 1. The van der Waals surface area contributed by atoms with Gasteiger partial charge in [0, 0.05) is 29.6 Å². The number of ether oxygens (including phenoxy) is 1. The minimum absolute atomic E-state index is 0.474. The molecule has 1 aromatic carbocycles. The Bertz CT molecular complexity index is 675. The molecular formula is C16H20N2O3. The predicted molar refractivity (Wildman–Crippen MR) is 80.6 cm³/mol. The van der Waals surface area contributed by atoms with E-state index in [-0.39, 0.29) is 0 Å². The van der Waals surface area contributed by atoms with E-state index < -0.39 is 12.0 Å². The SMILES string of the molecule is CC(C)COc1ccc2[nH]c3c(c2c1)CC(C(=O)O)NC3. The molecule has 0 bridgehead atoms. The van der Waals surface area contributed by atoms with Crippen molar-refractivity contribution in [3.63, 3.8) is 0 Å². The molecule has 0 aliphatic carbocycles. The van der Waals surface area contributed by atoms with E-state index in [0.29, 0.717) is 25.5 Å². The molecule has 1 aromatic heterocycles. The molecule has 5 heteroatoms. The Labute approximate surface area is 123 Å². The average molecular weight is 288 g/mol. The Morgan fingerprint density at radius 2 is 2.29 bits per heavy atom. The van der Waals surface area contributed by atoms with Crippen LogP contribution in [0.2, 0.25) is 0 Å². The zero-order chi connectivity index (χ0) is 15.0. The Balaban J connectivity index is 1.93. The molecule has 1 aliphatic heterocycles. The molecule has 1 aliphatic rings. The normalized spacial score (nSPS) is 18.0. The Hall–Kier alpha value is -2.01. The number of carboxylic acid groups (broad SMARTS) is 1. The maximum atomic E-state index is 11.2. The zero-order valence-electron chi connectivity index (χ0n) is 12.3. The van der Waals surface area contributed by atoms with Gasteiger partial charge in [-0.25, -0.2) is 0 Å². The lowest BCUT2D eigenvalue weighted by Gasteiger charge is -2.20. The largest absolute Gasteiger partial charge is 0.493 e. The van der Waals surface area contributed by atoms with Crippen LogP contribution in [0.5, 0.6) is 5.75 Å². The summed E-state index contributed by atoms with van der Waals surface area (Å²) in [5.74, 6) is 0.507. The second kappa shape index (κ2) is 5.41. The fourth-order valence-corrected chi connectivity index (χ4v) is 2.70. The minimum Gasteiger partial charge on any atom is -0.493 e. The van der Waals surface area contributed by atoms with Crippen molar-refractivity contribution in [3.8, 4) is 5.75 Å². The van der Waals surface area contributed by atoms with Crippen molar-refractivity contribution < 1.29 is 14.6 Å². The maximum Gasteiger partial charge on any atom is 0.321 e. The van der Waals surface area contributed by atoms with Gasteiger partial charge >= 0.3 is 5.97 Å². The van der Waals surface area contributed by atoms with Gasteiger partial charge in [0.25, 0.3) is 0 Å². The molecule has 21 heavy (non-hydrogen) atoms. The van der Waals surface area contributed by atoms with Gasteiger partial charge < -0.3 is 14.8 Å². The van der Waals surface area contributed by atoms with Crippen LogP contribution in [0.3, 0.4) is 0 Å². The van der Waals surface area contributed by atoms with Crippen LogP contribution in [-0.2, 0) is 17.8 Å². The number of H-pyrrole nitrogens is 1. The lowest BCUT2D eigenvalue weighted by atomic mass is 9.98. The second-order valence-corrected chi connectivity index (χ2v) is 5.97. The number of carbonyl (C=O) groups is 1. The number of rotatable bonds is 4. The standard InChI is InChI=1S/C16H20N2O3/c1-9(2)8-21-10-3-4-13-11(5-10)12-6-14(16(19)20)17-7-15(12)18-13/h3-5,9,14,17-18H,6-8H2,1-2H3,(H,19,20). The highest BCUT2D eigenvalue weighted by Gasteiger charge is 2.26. The summed E-state index contributed by atoms with van der Waals surface area (Å²) in [5.41, 5.74) is 3.19. The second-order valence-electron chi connectivity index (χ2n) is 5.97. The fraction of sp³-hybridized carbons (Fsp3) is 0.438. The van der Waals surface area contributed by atoms with E-state index in [1.165, 1.54) is 0 Å². The Morgan fingerprint density at radius 3 is 3.00 bits per heavy atom. The van der Waals surface area contributed by atoms with Gasteiger partial charge in [-0.05, 0) is 29.7 Å². The van der Waals surface area contributed by atoms with Crippen molar-refractivity contribution in [2.45, 2.75) is 32.9 Å². The molecule has 0 radical (unpaired) electrons. The number of aromatic nitrogens is 1. The molecule has 0 spiro atoms. The predicted octanol–water partition coefficient (Wildman–Crippen LogP) is 2.30. The van der Waals surface area contributed by atoms with E-state index in [0.717, 1.165) is 27.9 Å². The summed E-state index contributed by atoms with van der Waals surface area (Å²) in [6.07, 6.45) is 0.498. The highest BCUT2D eigenvalue weighted by molar-refractivity contribution is 5.87. The van der Waals surface area contributed by atoms with Gasteiger partial charge in [-0.1, -0.05) is 13.8 Å². The van der Waals surface area contributed by atoms with Crippen molar-refractivity contribution in [3.05, 3.63) is 29.5 Å². The number of benzene rings is 1. The Kier molecular flexibility index (Phi) is 3.59. The van der Waals surface area contributed by atoms with Gasteiger partial charge in [0.1, 0.15) is 11.8 Å². The highest BCUT2D eigenvalue weighted by Crippen LogP contribution is 2.29. The van der Waals surface area contributed by atoms with E-state index in [9.17, 15) is 9.90 Å². The van der Waals surface area contributed by atoms with Crippen molar-refractivity contribution in [1.29, 1.82) is 0 Å². The molecule has 3 rings (SSSR count). The molecule has 0 saturated heterocycles. The molecule has 1 unspecified atom stereocenters. The van der Waals surface area contributed by atoms with Gasteiger partial charge in [0.05, 0.1) is 6.61 Å². The van der Waals surface area contributed by atoms with Crippen molar-refractivity contribution >= 4 is 16.9 Å².